The van der Waals surface area contributed by atoms with Gasteiger partial charge in [-0.25, -0.2) is 0 Å². The maximum Gasteiger partial charge on any atom is 0.302 e. The van der Waals surface area contributed by atoms with Gasteiger partial charge in [-0.2, -0.15) is 5.26 Å². The minimum absolute atomic E-state index is 0.211. The largest absolute Gasteiger partial charge is 0.466 e. The molecule has 0 aliphatic carbocycles. The highest BCUT2D eigenvalue weighted by molar-refractivity contribution is 5.65. The van der Waals surface area contributed by atoms with Gasteiger partial charge in [-0.05, 0) is 6.92 Å². The molecule has 0 radical (unpaired) electrons. The number of esters is 1. The smallest absolute Gasteiger partial charge is 0.302 e. The van der Waals surface area contributed by atoms with E-state index in [1.807, 2.05) is 13.0 Å². The summed E-state index contributed by atoms with van der Waals surface area (Å²) < 4.78 is 4.40. The zero-order valence-corrected chi connectivity index (χ0v) is 6.68. The number of hydrogen-bond acceptors (Lipinski definition) is 3. The summed E-state index contributed by atoms with van der Waals surface area (Å²) in [4.78, 5) is 9.82. The number of ether oxygens (including phenoxy) is 1. The summed E-state index contributed by atoms with van der Waals surface area (Å²) in [5.41, 5.74) is 0. The van der Waals surface area contributed by atoms with Crippen molar-refractivity contribution in [2.75, 3.05) is 6.61 Å². The average Bonchev–Trinajstić information content (AvgIpc) is 1.89. The van der Waals surface area contributed by atoms with E-state index in [-0.39, 0.29) is 5.97 Å². The van der Waals surface area contributed by atoms with Crippen LogP contribution in [0.5, 0.6) is 0 Å². The molecule has 0 saturated heterocycles. The Morgan fingerprint density at radius 2 is 2.00 bits per heavy atom. The van der Waals surface area contributed by atoms with Gasteiger partial charge in [0, 0.05) is 13.3 Å². The van der Waals surface area contributed by atoms with Gasteiger partial charge in [0.2, 0.25) is 0 Å². The van der Waals surface area contributed by atoms with Gasteiger partial charge in [0.25, 0.3) is 0 Å². The van der Waals surface area contributed by atoms with Crippen LogP contribution >= 0.6 is 0 Å². The van der Waals surface area contributed by atoms with E-state index in [1.54, 1.807) is 6.92 Å². The Morgan fingerprint density at radius 3 is 2.00 bits per heavy atom. The van der Waals surface area contributed by atoms with Crippen molar-refractivity contribution in [2.45, 2.75) is 27.2 Å². The van der Waals surface area contributed by atoms with E-state index in [0.717, 1.165) is 0 Å². The van der Waals surface area contributed by atoms with Crippen molar-refractivity contribution in [1.29, 1.82) is 5.26 Å². The number of nitrogens with zero attached hydrogens (tertiary/aromatic N) is 1. The first-order valence-corrected chi connectivity index (χ1v) is 3.19. The van der Waals surface area contributed by atoms with Crippen LogP contribution in [0.4, 0.5) is 0 Å². The molecule has 0 aliphatic rings. The van der Waals surface area contributed by atoms with Gasteiger partial charge in [-0.15, -0.1) is 0 Å². The molecule has 0 N–H and O–H groups in total. The quantitative estimate of drug-likeness (QED) is 0.522. The third-order valence-electron chi connectivity index (χ3n) is 0.506. The van der Waals surface area contributed by atoms with Crippen molar-refractivity contribution in [3.63, 3.8) is 0 Å². The van der Waals surface area contributed by atoms with Gasteiger partial charge in [-0.1, -0.05) is 6.92 Å². The summed E-state index contributed by atoms with van der Waals surface area (Å²) in [7, 11) is 0. The molecule has 0 amide bonds. The monoisotopic (exact) mass is 143 g/mol. The molecule has 0 aliphatic heterocycles. The van der Waals surface area contributed by atoms with Gasteiger partial charge in [0.15, 0.2) is 0 Å². The maximum atomic E-state index is 9.82. The summed E-state index contributed by atoms with van der Waals surface area (Å²) >= 11 is 0. The molecule has 0 aromatic rings. The Morgan fingerprint density at radius 1 is 1.60 bits per heavy atom. The van der Waals surface area contributed by atoms with Gasteiger partial charge in [0.1, 0.15) is 0 Å². The molecule has 0 spiro atoms. The molecule has 10 heavy (non-hydrogen) atoms. The molecule has 0 saturated carbocycles. The van der Waals surface area contributed by atoms with Crippen molar-refractivity contribution >= 4 is 5.97 Å². The van der Waals surface area contributed by atoms with E-state index in [9.17, 15) is 4.79 Å². The molecular weight excluding hydrogens is 130 g/mol. The molecule has 3 nitrogen and oxygen atoms in total. The summed E-state index contributed by atoms with van der Waals surface area (Å²) in [6.45, 7) is 5.47. The predicted molar refractivity (Wildman–Crippen MR) is 38.2 cm³/mol. The van der Waals surface area contributed by atoms with Crippen LogP contribution in [-0.2, 0) is 9.53 Å². The maximum absolute atomic E-state index is 9.82. The Hall–Kier alpha value is -1.04. The second-order valence-corrected chi connectivity index (χ2v) is 1.44. The third kappa shape index (κ3) is 28.2. The summed E-state index contributed by atoms with van der Waals surface area (Å²) in [5, 5.41) is 7.62. The minimum Gasteiger partial charge on any atom is -0.466 e. The predicted octanol–water partition coefficient (Wildman–Crippen LogP) is 1.49. The second kappa shape index (κ2) is 10.9. The number of rotatable bonds is 1. The zero-order valence-electron chi connectivity index (χ0n) is 6.68. The van der Waals surface area contributed by atoms with Crippen LogP contribution in [0.1, 0.15) is 27.2 Å². The first-order valence-electron chi connectivity index (χ1n) is 3.19. The van der Waals surface area contributed by atoms with Crippen LogP contribution in [0.2, 0.25) is 0 Å². The van der Waals surface area contributed by atoms with Crippen LogP contribution < -0.4 is 0 Å². The normalized spacial score (nSPS) is 6.60. The first-order chi connectivity index (χ1) is 4.68. The van der Waals surface area contributed by atoms with E-state index in [2.05, 4.69) is 4.74 Å². The van der Waals surface area contributed by atoms with Gasteiger partial charge >= 0.3 is 5.97 Å². The molecule has 3 heteroatoms. The van der Waals surface area contributed by atoms with E-state index in [0.29, 0.717) is 13.0 Å². The summed E-state index contributed by atoms with van der Waals surface area (Å²) in [6.07, 6.45) is 0.625. The number of carbonyl (C=O) groups is 1. The topological polar surface area (TPSA) is 50.1 Å². The van der Waals surface area contributed by atoms with Gasteiger partial charge in [0.05, 0.1) is 12.7 Å². The van der Waals surface area contributed by atoms with Crippen LogP contribution in [0, 0.1) is 11.3 Å². The zero-order chi connectivity index (χ0) is 8.41. The lowest BCUT2D eigenvalue weighted by atomic mass is 10.6. The fourth-order valence-electron chi connectivity index (χ4n) is 0.203. The molecule has 0 rings (SSSR count). The van der Waals surface area contributed by atoms with Crippen LogP contribution in [0.25, 0.3) is 0 Å². The van der Waals surface area contributed by atoms with E-state index >= 15 is 0 Å². The molecule has 0 unspecified atom stereocenters. The Bertz CT molecular complexity index is 115. The highest BCUT2D eigenvalue weighted by Gasteiger charge is 1.81. The standard InChI is InChI=1S/C4H8O2.C3H5N/c1-3-6-4(2)5;1-2-3-4/h3H2,1-2H3;2H2,1H3. The fourth-order valence-corrected chi connectivity index (χ4v) is 0.203. The van der Waals surface area contributed by atoms with Crippen molar-refractivity contribution < 1.29 is 9.53 Å². The molecule has 0 aromatic heterocycles. The van der Waals surface area contributed by atoms with Crippen molar-refractivity contribution in [2.24, 2.45) is 0 Å². The van der Waals surface area contributed by atoms with E-state index in [4.69, 9.17) is 5.26 Å². The molecule has 0 bridgehead atoms. The molecule has 0 fully saturated rings. The van der Waals surface area contributed by atoms with Crippen LogP contribution in [0.3, 0.4) is 0 Å². The number of nitriles is 1. The van der Waals surface area contributed by atoms with Gasteiger partial charge in [-0.3, -0.25) is 4.79 Å². The molecule has 0 heterocycles. The Kier molecular flexibility index (Phi) is 12.7. The highest BCUT2D eigenvalue weighted by atomic mass is 16.5. The molecule has 0 atom stereocenters. The number of carbonyl (C=O) groups excluding carboxylic acids is 1. The fraction of sp³-hybridized carbons (Fsp3) is 0.714. The lowest BCUT2D eigenvalue weighted by Crippen LogP contribution is -1.95. The Balaban J connectivity index is 0. The molecule has 58 valence electrons. The van der Waals surface area contributed by atoms with Gasteiger partial charge < -0.3 is 4.74 Å². The van der Waals surface area contributed by atoms with E-state index in [1.165, 1.54) is 6.92 Å². The lowest BCUT2D eigenvalue weighted by Gasteiger charge is -1.89. The van der Waals surface area contributed by atoms with Crippen molar-refractivity contribution in [3.05, 3.63) is 0 Å². The lowest BCUT2D eigenvalue weighted by molar-refractivity contribution is -0.140. The van der Waals surface area contributed by atoms with Crippen LogP contribution in [-0.4, -0.2) is 12.6 Å². The van der Waals surface area contributed by atoms with Crippen LogP contribution in [0.15, 0.2) is 0 Å². The minimum atomic E-state index is -0.211. The third-order valence-corrected chi connectivity index (χ3v) is 0.506. The highest BCUT2D eigenvalue weighted by Crippen LogP contribution is 1.69. The number of hydrogen-bond donors (Lipinski definition) is 0. The summed E-state index contributed by atoms with van der Waals surface area (Å²) in [5.74, 6) is -0.211. The average molecular weight is 143 g/mol. The summed E-state index contributed by atoms with van der Waals surface area (Å²) in [6, 6.07) is 1.93. The van der Waals surface area contributed by atoms with E-state index < -0.39 is 0 Å². The second-order valence-electron chi connectivity index (χ2n) is 1.44. The Labute approximate surface area is 61.6 Å². The molecule has 0 aromatic carbocycles. The van der Waals surface area contributed by atoms with Crippen molar-refractivity contribution in [3.8, 4) is 6.07 Å². The molecular formula is C7H13NO2. The SMILES string of the molecule is CCC#N.CCOC(C)=O. The van der Waals surface area contributed by atoms with Crippen molar-refractivity contribution in [1.82, 2.24) is 0 Å². The first kappa shape index (κ1) is 11.7.